The Labute approximate surface area is 343 Å². The highest BCUT2D eigenvalue weighted by molar-refractivity contribution is 5.69. The van der Waals surface area contributed by atoms with Crippen LogP contribution in [0.3, 0.4) is 0 Å². The molecule has 0 spiro atoms. The topological polar surface area (TPSA) is 108 Å². The van der Waals surface area contributed by atoms with Crippen LogP contribution in [0.4, 0.5) is 0 Å². The lowest BCUT2D eigenvalue weighted by Gasteiger charge is -2.46. The second-order valence-corrected chi connectivity index (χ2v) is 14.6. The molecule has 2 N–H and O–H groups in total. The standard InChI is InChI=1S/C49H57NO8/c1-2-18-43(52-31-38-21-10-4-11-22-38)42(50)35-57-49-48(56-34-41-27-16-7-17-28-41)47(55-33-40-25-14-6-15-26-40)46(54-32-39-23-12-5-13-24-39)44(58-49)36-53-45(51)30-29-37-19-8-3-9-20-37/h3-17,19-28,42-44,46-49H,2,18,29-36,50H2,1H3/t42-,43+,44+,46-,47-,48+,49-/m0/s1. The molecule has 0 bridgehead atoms. The summed E-state index contributed by atoms with van der Waals surface area (Å²) in [5.41, 5.74) is 11.9. The van der Waals surface area contributed by atoms with Crippen LogP contribution in [0.1, 0.15) is 54.0 Å². The van der Waals surface area contributed by atoms with Crippen LogP contribution < -0.4 is 5.73 Å². The first-order valence-electron chi connectivity index (χ1n) is 20.4. The Hall–Kier alpha value is -4.71. The zero-order valence-electron chi connectivity index (χ0n) is 33.4. The molecule has 0 aliphatic carbocycles. The number of nitrogens with two attached hydrogens (primary N) is 1. The third-order valence-electron chi connectivity index (χ3n) is 10.1. The molecule has 1 heterocycles. The molecule has 58 heavy (non-hydrogen) atoms. The second kappa shape index (κ2) is 23.6. The van der Waals surface area contributed by atoms with Crippen molar-refractivity contribution in [3.63, 3.8) is 0 Å². The lowest BCUT2D eigenvalue weighted by molar-refractivity contribution is -0.328. The maximum Gasteiger partial charge on any atom is 0.306 e. The summed E-state index contributed by atoms with van der Waals surface area (Å²) >= 11 is 0. The minimum absolute atomic E-state index is 0.0752. The Morgan fingerprint density at radius 1 is 0.586 bits per heavy atom. The molecule has 7 atom stereocenters. The van der Waals surface area contributed by atoms with Crippen molar-refractivity contribution >= 4 is 5.97 Å². The highest BCUT2D eigenvalue weighted by atomic mass is 16.7. The summed E-state index contributed by atoms with van der Waals surface area (Å²) in [7, 11) is 0. The molecular formula is C49H57NO8. The van der Waals surface area contributed by atoms with Gasteiger partial charge in [0.15, 0.2) is 6.29 Å². The number of aryl methyl sites for hydroxylation is 1. The van der Waals surface area contributed by atoms with E-state index in [-0.39, 0.29) is 51.5 Å². The molecule has 1 saturated heterocycles. The number of esters is 1. The van der Waals surface area contributed by atoms with Crippen molar-refractivity contribution in [2.45, 2.75) is 102 Å². The van der Waals surface area contributed by atoms with Gasteiger partial charge in [0, 0.05) is 6.42 Å². The van der Waals surface area contributed by atoms with Gasteiger partial charge in [-0.1, -0.05) is 165 Å². The lowest BCUT2D eigenvalue weighted by atomic mass is 9.97. The molecule has 5 aromatic carbocycles. The van der Waals surface area contributed by atoms with Gasteiger partial charge in [-0.05, 0) is 40.7 Å². The van der Waals surface area contributed by atoms with Crippen molar-refractivity contribution in [2.24, 2.45) is 5.73 Å². The monoisotopic (exact) mass is 787 g/mol. The molecule has 306 valence electrons. The van der Waals surface area contributed by atoms with Crippen LogP contribution in [0.15, 0.2) is 152 Å². The van der Waals surface area contributed by atoms with Crippen LogP contribution in [-0.2, 0) is 70.8 Å². The number of rotatable bonds is 23. The number of ether oxygens (including phenoxy) is 7. The Kier molecular flexibility index (Phi) is 17.5. The fraction of sp³-hybridized carbons (Fsp3) is 0.367. The van der Waals surface area contributed by atoms with Crippen LogP contribution in [0.2, 0.25) is 0 Å². The van der Waals surface area contributed by atoms with Crippen molar-refractivity contribution in [1.82, 2.24) is 0 Å². The second-order valence-electron chi connectivity index (χ2n) is 14.6. The number of hydrogen-bond donors (Lipinski definition) is 1. The van der Waals surface area contributed by atoms with E-state index in [4.69, 9.17) is 38.9 Å². The van der Waals surface area contributed by atoms with Gasteiger partial charge in [0.05, 0.1) is 45.2 Å². The average molecular weight is 788 g/mol. The lowest BCUT2D eigenvalue weighted by Crippen LogP contribution is -2.62. The highest BCUT2D eigenvalue weighted by Crippen LogP contribution is 2.32. The van der Waals surface area contributed by atoms with Crippen molar-refractivity contribution in [2.75, 3.05) is 13.2 Å². The first-order valence-corrected chi connectivity index (χ1v) is 20.4. The van der Waals surface area contributed by atoms with Crippen molar-refractivity contribution < 1.29 is 38.0 Å². The van der Waals surface area contributed by atoms with Gasteiger partial charge in [-0.2, -0.15) is 0 Å². The summed E-state index contributed by atoms with van der Waals surface area (Å²) in [5, 5.41) is 0. The fourth-order valence-electron chi connectivity index (χ4n) is 6.95. The van der Waals surface area contributed by atoms with Crippen LogP contribution >= 0.6 is 0 Å². The average Bonchev–Trinajstić information content (AvgIpc) is 3.28. The maximum absolute atomic E-state index is 13.2. The fourth-order valence-corrected chi connectivity index (χ4v) is 6.95. The van der Waals surface area contributed by atoms with Gasteiger partial charge in [-0.3, -0.25) is 4.79 Å². The molecular weight excluding hydrogens is 731 g/mol. The largest absolute Gasteiger partial charge is 0.463 e. The van der Waals surface area contributed by atoms with Gasteiger partial charge in [-0.25, -0.2) is 0 Å². The number of hydrogen-bond acceptors (Lipinski definition) is 9. The Morgan fingerprint density at radius 2 is 1.03 bits per heavy atom. The normalized spacial score (nSPS) is 20.3. The van der Waals surface area contributed by atoms with E-state index in [0.717, 1.165) is 40.7 Å². The van der Waals surface area contributed by atoms with Gasteiger partial charge in [-0.15, -0.1) is 0 Å². The van der Waals surface area contributed by atoms with Gasteiger partial charge in [0.25, 0.3) is 0 Å². The SMILES string of the molecule is CCC[C@@H](OCc1ccccc1)[C@@H](N)CO[C@H]1O[C@H](COC(=O)CCc2ccccc2)[C@H](OCc2ccccc2)[C@H](OCc2ccccc2)[C@H]1OCc1ccccc1. The van der Waals surface area contributed by atoms with E-state index in [1.165, 1.54) is 0 Å². The summed E-state index contributed by atoms with van der Waals surface area (Å²) < 4.78 is 46.0. The maximum atomic E-state index is 13.2. The van der Waals surface area contributed by atoms with Crippen LogP contribution in [-0.4, -0.2) is 62.0 Å². The molecule has 0 unspecified atom stereocenters. The van der Waals surface area contributed by atoms with E-state index in [9.17, 15) is 4.79 Å². The third kappa shape index (κ3) is 13.7. The zero-order valence-corrected chi connectivity index (χ0v) is 33.4. The number of carbonyl (C=O) groups excluding carboxylic acids is 1. The number of benzene rings is 5. The molecule has 0 amide bonds. The predicted molar refractivity (Wildman–Crippen MR) is 223 cm³/mol. The predicted octanol–water partition coefficient (Wildman–Crippen LogP) is 8.37. The Morgan fingerprint density at radius 3 is 1.53 bits per heavy atom. The van der Waals surface area contributed by atoms with Crippen molar-refractivity contribution in [3.8, 4) is 0 Å². The minimum atomic E-state index is -0.948. The van der Waals surface area contributed by atoms with E-state index in [1.807, 2.05) is 152 Å². The molecule has 1 aliphatic heterocycles. The van der Waals surface area contributed by atoms with Gasteiger partial charge < -0.3 is 38.9 Å². The Bertz CT molecular complexity index is 1850. The zero-order chi connectivity index (χ0) is 40.2. The molecule has 1 aliphatic rings. The van der Waals surface area contributed by atoms with E-state index < -0.39 is 36.7 Å². The molecule has 6 rings (SSSR count). The third-order valence-corrected chi connectivity index (χ3v) is 10.1. The molecule has 0 aromatic heterocycles. The minimum Gasteiger partial charge on any atom is -0.463 e. The van der Waals surface area contributed by atoms with Crippen LogP contribution in [0.25, 0.3) is 0 Å². The quantitative estimate of drug-likeness (QED) is 0.0654. The van der Waals surface area contributed by atoms with Gasteiger partial charge in [0.2, 0.25) is 0 Å². The summed E-state index contributed by atoms with van der Waals surface area (Å²) in [4.78, 5) is 13.2. The summed E-state index contributed by atoms with van der Waals surface area (Å²) in [6.45, 7) is 3.43. The first kappa shape index (κ1) is 42.9. The molecule has 1 fully saturated rings. The molecule has 9 nitrogen and oxygen atoms in total. The highest BCUT2D eigenvalue weighted by Gasteiger charge is 2.49. The first-order chi connectivity index (χ1) is 28.6. The summed E-state index contributed by atoms with van der Waals surface area (Å²) in [5.74, 6) is -0.337. The molecule has 0 saturated carbocycles. The summed E-state index contributed by atoms with van der Waals surface area (Å²) in [6.07, 6.45) is -1.69. The molecule has 5 aromatic rings. The van der Waals surface area contributed by atoms with E-state index in [0.29, 0.717) is 13.0 Å². The van der Waals surface area contributed by atoms with Gasteiger partial charge in [0.1, 0.15) is 31.0 Å². The van der Waals surface area contributed by atoms with E-state index >= 15 is 0 Å². The smallest absolute Gasteiger partial charge is 0.306 e. The van der Waals surface area contributed by atoms with Crippen molar-refractivity contribution in [1.29, 1.82) is 0 Å². The van der Waals surface area contributed by atoms with E-state index in [1.54, 1.807) is 0 Å². The Balaban J connectivity index is 1.26. The molecule has 0 radical (unpaired) electrons. The van der Waals surface area contributed by atoms with Crippen molar-refractivity contribution in [3.05, 3.63) is 179 Å². The van der Waals surface area contributed by atoms with Crippen LogP contribution in [0.5, 0.6) is 0 Å². The van der Waals surface area contributed by atoms with Crippen LogP contribution in [0, 0.1) is 0 Å². The molecule has 9 heteroatoms. The van der Waals surface area contributed by atoms with Gasteiger partial charge >= 0.3 is 5.97 Å². The summed E-state index contributed by atoms with van der Waals surface area (Å²) in [6, 6.07) is 49.3. The number of carbonyl (C=O) groups is 1. The van der Waals surface area contributed by atoms with E-state index in [2.05, 4.69) is 6.92 Å².